The van der Waals surface area contributed by atoms with Crippen LogP contribution in [-0.2, 0) is 0 Å². The third-order valence-electron chi connectivity index (χ3n) is 3.44. The zero-order valence-corrected chi connectivity index (χ0v) is 10.5. The lowest BCUT2D eigenvalue weighted by atomic mass is 10.0. The molecule has 0 radical (unpaired) electrons. The van der Waals surface area contributed by atoms with E-state index >= 15 is 0 Å². The summed E-state index contributed by atoms with van der Waals surface area (Å²) in [6.07, 6.45) is 2.28. The number of hydrogen-bond acceptors (Lipinski definition) is 3. The molecule has 0 aromatic heterocycles. The molecule has 1 aliphatic heterocycles. The summed E-state index contributed by atoms with van der Waals surface area (Å²) in [5.74, 6) is -0.218. The Morgan fingerprint density at radius 3 is 2.82 bits per heavy atom. The van der Waals surface area contributed by atoms with Crippen molar-refractivity contribution in [1.29, 1.82) is 0 Å². The molecule has 1 aromatic rings. The number of anilines is 2. The average Bonchev–Trinajstić information content (AvgIpc) is 2.29. The fourth-order valence-corrected chi connectivity index (χ4v) is 2.37. The van der Waals surface area contributed by atoms with Gasteiger partial charge in [0, 0.05) is 24.8 Å². The number of nitrogens with zero attached hydrogens (tertiary/aromatic N) is 2. The summed E-state index contributed by atoms with van der Waals surface area (Å²) in [6.45, 7) is 1.80. The number of hydrogen-bond donors (Lipinski definition) is 1. The Hall–Kier alpha value is -1.29. The van der Waals surface area contributed by atoms with E-state index in [9.17, 15) is 4.39 Å². The number of halogens is 1. The molecule has 1 heterocycles. The molecule has 0 saturated carbocycles. The van der Waals surface area contributed by atoms with Gasteiger partial charge in [-0.3, -0.25) is 0 Å². The molecule has 0 amide bonds. The van der Waals surface area contributed by atoms with Gasteiger partial charge in [0.25, 0.3) is 0 Å². The van der Waals surface area contributed by atoms with Crippen LogP contribution in [-0.4, -0.2) is 38.1 Å². The van der Waals surface area contributed by atoms with Crippen LogP contribution >= 0.6 is 0 Å². The minimum atomic E-state index is -0.218. The van der Waals surface area contributed by atoms with Gasteiger partial charge < -0.3 is 15.5 Å². The second-order valence-electron chi connectivity index (χ2n) is 4.92. The van der Waals surface area contributed by atoms with Crippen molar-refractivity contribution in [1.82, 2.24) is 4.90 Å². The second-order valence-corrected chi connectivity index (χ2v) is 4.92. The van der Waals surface area contributed by atoms with Crippen molar-refractivity contribution in [3.63, 3.8) is 0 Å². The molecule has 1 fully saturated rings. The van der Waals surface area contributed by atoms with Gasteiger partial charge in [0.05, 0.1) is 5.69 Å². The van der Waals surface area contributed by atoms with Crippen molar-refractivity contribution in [2.75, 3.05) is 37.8 Å². The lowest BCUT2D eigenvalue weighted by molar-refractivity contribution is 0.257. The molecule has 2 N–H and O–H groups in total. The number of nitrogens with two attached hydrogens (primary N) is 1. The van der Waals surface area contributed by atoms with Crippen molar-refractivity contribution in [2.24, 2.45) is 0 Å². The molecule has 1 aromatic carbocycles. The highest BCUT2D eigenvalue weighted by Gasteiger charge is 2.23. The number of piperidine rings is 1. The fourth-order valence-electron chi connectivity index (χ4n) is 2.37. The summed E-state index contributed by atoms with van der Waals surface area (Å²) >= 11 is 0. The van der Waals surface area contributed by atoms with Crippen molar-refractivity contribution < 1.29 is 4.39 Å². The summed E-state index contributed by atoms with van der Waals surface area (Å²) < 4.78 is 13.8. The first-order chi connectivity index (χ1) is 8.08. The molecule has 1 unspecified atom stereocenters. The Morgan fingerprint density at radius 1 is 1.41 bits per heavy atom. The van der Waals surface area contributed by atoms with Crippen LogP contribution in [0.15, 0.2) is 18.2 Å². The van der Waals surface area contributed by atoms with Gasteiger partial charge in [-0.1, -0.05) is 0 Å². The average molecular weight is 237 g/mol. The smallest absolute Gasteiger partial charge is 0.148 e. The molecule has 3 nitrogen and oxygen atoms in total. The van der Waals surface area contributed by atoms with E-state index in [0.29, 0.717) is 17.4 Å². The minimum absolute atomic E-state index is 0.218. The summed E-state index contributed by atoms with van der Waals surface area (Å²) in [6, 6.07) is 5.44. The van der Waals surface area contributed by atoms with Gasteiger partial charge in [-0.2, -0.15) is 0 Å². The molecule has 1 atom stereocenters. The van der Waals surface area contributed by atoms with E-state index in [4.69, 9.17) is 5.73 Å². The summed E-state index contributed by atoms with van der Waals surface area (Å²) in [7, 11) is 4.15. The van der Waals surface area contributed by atoms with Crippen molar-refractivity contribution >= 4 is 11.4 Å². The molecule has 1 aliphatic rings. The maximum Gasteiger partial charge on any atom is 0.148 e. The first-order valence-corrected chi connectivity index (χ1v) is 6.04. The normalized spacial score (nSPS) is 20.9. The first kappa shape index (κ1) is 12.2. The van der Waals surface area contributed by atoms with Gasteiger partial charge in [0.2, 0.25) is 0 Å². The van der Waals surface area contributed by atoms with E-state index in [1.165, 1.54) is 12.5 Å². The topological polar surface area (TPSA) is 32.5 Å². The number of nitrogen functional groups attached to an aromatic ring is 1. The van der Waals surface area contributed by atoms with Crippen LogP contribution < -0.4 is 10.6 Å². The van der Waals surface area contributed by atoms with E-state index < -0.39 is 0 Å². The summed E-state index contributed by atoms with van der Waals surface area (Å²) in [5.41, 5.74) is 6.72. The monoisotopic (exact) mass is 237 g/mol. The van der Waals surface area contributed by atoms with Gasteiger partial charge in [-0.25, -0.2) is 4.39 Å². The van der Waals surface area contributed by atoms with Gasteiger partial charge in [-0.15, -0.1) is 0 Å². The van der Waals surface area contributed by atoms with Gasteiger partial charge in [0.15, 0.2) is 0 Å². The van der Waals surface area contributed by atoms with Crippen molar-refractivity contribution in [3.8, 4) is 0 Å². The van der Waals surface area contributed by atoms with Crippen LogP contribution in [0.5, 0.6) is 0 Å². The highest BCUT2D eigenvalue weighted by atomic mass is 19.1. The molecule has 4 heteroatoms. The third kappa shape index (κ3) is 2.69. The molecule has 0 bridgehead atoms. The maximum atomic E-state index is 13.8. The van der Waals surface area contributed by atoms with Crippen LogP contribution in [0.4, 0.5) is 15.8 Å². The lowest BCUT2D eigenvalue weighted by Crippen LogP contribution is -2.45. The Labute approximate surface area is 102 Å². The third-order valence-corrected chi connectivity index (χ3v) is 3.44. The molecule has 2 rings (SSSR count). The van der Waals surface area contributed by atoms with Crippen LogP contribution in [0.1, 0.15) is 12.8 Å². The Bertz CT molecular complexity index is 392. The molecule has 1 saturated heterocycles. The zero-order chi connectivity index (χ0) is 12.4. The Kier molecular flexibility index (Phi) is 3.52. The highest BCUT2D eigenvalue weighted by Crippen LogP contribution is 2.25. The van der Waals surface area contributed by atoms with E-state index in [1.807, 2.05) is 0 Å². The van der Waals surface area contributed by atoms with Gasteiger partial charge in [0.1, 0.15) is 5.82 Å². The largest absolute Gasteiger partial charge is 0.399 e. The zero-order valence-electron chi connectivity index (χ0n) is 10.5. The van der Waals surface area contributed by atoms with E-state index in [2.05, 4.69) is 23.9 Å². The van der Waals surface area contributed by atoms with Crippen LogP contribution in [0, 0.1) is 5.82 Å². The molecular formula is C13H20FN3. The quantitative estimate of drug-likeness (QED) is 0.798. The Morgan fingerprint density at radius 2 is 2.18 bits per heavy atom. The molecule has 0 aliphatic carbocycles. The SMILES string of the molecule is CN(C)C1CCCN(c2ccc(N)cc2F)C1. The number of rotatable bonds is 2. The van der Waals surface area contributed by atoms with Crippen LogP contribution in [0.3, 0.4) is 0 Å². The summed E-state index contributed by atoms with van der Waals surface area (Å²) in [5, 5.41) is 0. The molecule has 17 heavy (non-hydrogen) atoms. The molecule has 0 spiro atoms. The molecular weight excluding hydrogens is 217 g/mol. The molecule has 94 valence electrons. The van der Waals surface area contributed by atoms with Gasteiger partial charge in [-0.05, 0) is 45.1 Å². The van der Waals surface area contributed by atoms with Crippen molar-refractivity contribution in [2.45, 2.75) is 18.9 Å². The summed E-state index contributed by atoms with van der Waals surface area (Å²) in [4.78, 5) is 4.32. The minimum Gasteiger partial charge on any atom is -0.399 e. The Balaban J connectivity index is 2.16. The van der Waals surface area contributed by atoms with E-state index in [0.717, 1.165) is 19.5 Å². The van der Waals surface area contributed by atoms with Crippen LogP contribution in [0.2, 0.25) is 0 Å². The van der Waals surface area contributed by atoms with Crippen LogP contribution in [0.25, 0.3) is 0 Å². The fraction of sp³-hybridized carbons (Fsp3) is 0.538. The predicted octanol–water partition coefficient (Wildman–Crippen LogP) is 1.94. The lowest BCUT2D eigenvalue weighted by Gasteiger charge is -2.37. The first-order valence-electron chi connectivity index (χ1n) is 6.04. The second kappa shape index (κ2) is 4.92. The number of benzene rings is 1. The van der Waals surface area contributed by atoms with E-state index in [1.54, 1.807) is 12.1 Å². The highest BCUT2D eigenvalue weighted by molar-refractivity contribution is 5.54. The van der Waals surface area contributed by atoms with Gasteiger partial charge >= 0.3 is 0 Å². The standard InChI is InChI=1S/C13H20FN3/c1-16(2)11-4-3-7-17(9-11)13-6-5-10(15)8-12(13)14/h5-6,8,11H,3-4,7,9,15H2,1-2H3. The predicted molar refractivity (Wildman–Crippen MR) is 69.7 cm³/mol. The number of likely N-dealkylation sites (N-methyl/N-ethyl adjacent to an activating group) is 1. The van der Waals surface area contributed by atoms with Crippen molar-refractivity contribution in [3.05, 3.63) is 24.0 Å². The van der Waals surface area contributed by atoms with E-state index in [-0.39, 0.29) is 5.82 Å². The maximum absolute atomic E-state index is 13.8.